The molecule has 1 aromatic rings. The Morgan fingerprint density at radius 3 is 2.75 bits per heavy atom. The second-order valence-electron chi connectivity index (χ2n) is 4.71. The van der Waals surface area contributed by atoms with Gasteiger partial charge in [-0.2, -0.15) is 0 Å². The van der Waals surface area contributed by atoms with Gasteiger partial charge in [-0.1, -0.05) is 0 Å². The third-order valence-corrected chi connectivity index (χ3v) is 3.62. The number of non-ortho nitro benzene ring substituents is 1. The topological polar surface area (TPSA) is 105 Å². The van der Waals surface area contributed by atoms with Crippen LogP contribution in [-0.2, 0) is 15.3 Å². The van der Waals surface area contributed by atoms with E-state index in [-0.39, 0.29) is 11.3 Å². The van der Waals surface area contributed by atoms with Crippen LogP contribution in [0.1, 0.15) is 5.56 Å². The van der Waals surface area contributed by atoms with Crippen LogP contribution in [0.15, 0.2) is 18.2 Å². The first-order chi connectivity index (χ1) is 9.53. The van der Waals surface area contributed by atoms with Gasteiger partial charge in [0.05, 0.1) is 18.1 Å². The van der Waals surface area contributed by atoms with E-state index in [4.69, 9.17) is 4.74 Å². The maximum absolute atomic E-state index is 12.1. The molecular weight excluding hydrogens is 266 g/mol. The van der Waals surface area contributed by atoms with Crippen molar-refractivity contribution in [3.05, 3.63) is 33.9 Å². The Morgan fingerprint density at radius 1 is 1.40 bits per heavy atom. The molecule has 2 N–H and O–H groups in total. The van der Waals surface area contributed by atoms with Gasteiger partial charge < -0.3 is 15.2 Å². The van der Waals surface area contributed by atoms with Crippen molar-refractivity contribution in [3.8, 4) is 0 Å². The van der Waals surface area contributed by atoms with Crippen LogP contribution >= 0.6 is 0 Å². The molecule has 2 aliphatic heterocycles. The van der Waals surface area contributed by atoms with Crippen LogP contribution in [0, 0.1) is 10.1 Å². The summed E-state index contributed by atoms with van der Waals surface area (Å²) < 4.78 is 5.20. The number of nitro groups is 1. The molecule has 0 aromatic heterocycles. The lowest BCUT2D eigenvalue weighted by molar-refractivity contribution is -0.385. The quantitative estimate of drug-likeness (QED) is 0.584. The van der Waals surface area contributed by atoms with Gasteiger partial charge in [0, 0.05) is 36.5 Å². The summed E-state index contributed by atoms with van der Waals surface area (Å²) in [5, 5.41) is 24.2. The fourth-order valence-electron chi connectivity index (χ4n) is 2.58. The molecule has 2 heterocycles. The van der Waals surface area contributed by atoms with Crippen molar-refractivity contribution in [2.45, 2.75) is 5.72 Å². The number of fused-ring (bicyclic) bond motifs is 1. The van der Waals surface area contributed by atoms with Gasteiger partial charge in [0.1, 0.15) is 0 Å². The zero-order valence-corrected chi connectivity index (χ0v) is 10.5. The predicted molar refractivity (Wildman–Crippen MR) is 68.0 cm³/mol. The molecule has 0 saturated carbocycles. The number of benzene rings is 1. The van der Waals surface area contributed by atoms with Crippen LogP contribution in [0.5, 0.6) is 0 Å². The van der Waals surface area contributed by atoms with Gasteiger partial charge in [-0.15, -0.1) is 0 Å². The number of aliphatic hydroxyl groups is 1. The predicted octanol–water partition coefficient (Wildman–Crippen LogP) is 0.0242. The highest BCUT2D eigenvalue weighted by atomic mass is 16.6. The van der Waals surface area contributed by atoms with E-state index in [9.17, 15) is 20.0 Å². The molecule has 3 rings (SSSR count). The number of hydrogen-bond acceptors (Lipinski definition) is 6. The number of hydrogen-bond donors (Lipinski definition) is 2. The lowest BCUT2D eigenvalue weighted by atomic mass is 10.0. The molecule has 8 nitrogen and oxygen atoms in total. The van der Waals surface area contributed by atoms with Gasteiger partial charge in [-0.3, -0.25) is 19.8 Å². The summed E-state index contributed by atoms with van der Waals surface area (Å²) >= 11 is 0. The van der Waals surface area contributed by atoms with Crippen molar-refractivity contribution in [3.63, 3.8) is 0 Å². The van der Waals surface area contributed by atoms with Crippen molar-refractivity contribution in [1.82, 2.24) is 4.90 Å². The molecule has 1 aromatic carbocycles. The van der Waals surface area contributed by atoms with E-state index < -0.39 is 16.6 Å². The van der Waals surface area contributed by atoms with Crippen LogP contribution in [0.3, 0.4) is 0 Å². The molecule has 1 amide bonds. The van der Waals surface area contributed by atoms with Crippen molar-refractivity contribution >= 4 is 17.3 Å². The molecule has 2 aliphatic rings. The van der Waals surface area contributed by atoms with E-state index in [0.29, 0.717) is 32.0 Å². The molecule has 20 heavy (non-hydrogen) atoms. The summed E-state index contributed by atoms with van der Waals surface area (Å²) in [7, 11) is 0. The van der Waals surface area contributed by atoms with Gasteiger partial charge in [0.25, 0.3) is 11.6 Å². The normalized spacial score (nSPS) is 26.1. The molecule has 0 spiro atoms. The van der Waals surface area contributed by atoms with Gasteiger partial charge in [-0.05, 0) is 6.07 Å². The Hall–Kier alpha value is -2.03. The van der Waals surface area contributed by atoms with E-state index >= 15 is 0 Å². The van der Waals surface area contributed by atoms with Crippen LogP contribution in [-0.4, -0.2) is 47.1 Å². The third-order valence-electron chi connectivity index (χ3n) is 3.62. The molecule has 1 saturated heterocycles. The molecule has 106 valence electrons. The number of nitrogens with zero attached hydrogens (tertiary/aromatic N) is 2. The minimum Gasteiger partial charge on any atom is -0.379 e. The number of morpholine rings is 1. The van der Waals surface area contributed by atoms with Crippen LogP contribution in [0.4, 0.5) is 11.4 Å². The Bertz CT molecular complexity index is 584. The number of anilines is 1. The molecule has 1 atom stereocenters. The first kappa shape index (κ1) is 13.0. The Labute approximate surface area is 114 Å². The molecular formula is C12H13N3O5. The first-order valence-electron chi connectivity index (χ1n) is 6.19. The lowest BCUT2D eigenvalue weighted by Gasteiger charge is -2.37. The van der Waals surface area contributed by atoms with Crippen molar-refractivity contribution in [1.29, 1.82) is 0 Å². The van der Waals surface area contributed by atoms with Gasteiger partial charge >= 0.3 is 0 Å². The van der Waals surface area contributed by atoms with Crippen molar-refractivity contribution in [2.75, 3.05) is 31.6 Å². The number of ether oxygens (including phenoxy) is 1. The first-order valence-corrected chi connectivity index (χ1v) is 6.19. The third kappa shape index (κ3) is 1.77. The SMILES string of the molecule is O=C1Nc2ccc([N+](=O)[O-])cc2C1(O)N1CCOCC1. The standard InChI is InChI=1S/C12H13N3O5/c16-11-12(17,14-3-5-20-6-4-14)9-7-8(15(18)19)1-2-10(9)13-11/h1-2,7,17H,3-6H2,(H,13,16). The second kappa shape index (κ2) is 4.51. The fourth-order valence-corrected chi connectivity index (χ4v) is 2.58. The molecule has 0 aliphatic carbocycles. The monoisotopic (exact) mass is 279 g/mol. The maximum Gasteiger partial charge on any atom is 0.276 e. The summed E-state index contributed by atoms with van der Waals surface area (Å²) in [5.41, 5.74) is -1.41. The molecule has 0 radical (unpaired) electrons. The number of rotatable bonds is 2. The number of nitro benzene ring substituents is 1. The minimum absolute atomic E-state index is 0.160. The summed E-state index contributed by atoms with van der Waals surface area (Å²) in [6.45, 7) is 1.57. The smallest absolute Gasteiger partial charge is 0.276 e. The highest BCUT2D eigenvalue weighted by Gasteiger charge is 2.51. The van der Waals surface area contributed by atoms with Crippen LogP contribution in [0.25, 0.3) is 0 Å². The number of amides is 1. The highest BCUT2D eigenvalue weighted by molar-refractivity contribution is 6.04. The van der Waals surface area contributed by atoms with Crippen molar-refractivity contribution in [2.24, 2.45) is 0 Å². The van der Waals surface area contributed by atoms with Gasteiger partial charge in [0.15, 0.2) is 0 Å². The fraction of sp³-hybridized carbons (Fsp3) is 0.417. The van der Waals surface area contributed by atoms with E-state index in [1.54, 1.807) is 4.90 Å². The summed E-state index contributed by atoms with van der Waals surface area (Å²) in [6.07, 6.45) is 0. The largest absolute Gasteiger partial charge is 0.379 e. The zero-order valence-electron chi connectivity index (χ0n) is 10.5. The van der Waals surface area contributed by atoms with Crippen LogP contribution < -0.4 is 5.32 Å². The van der Waals surface area contributed by atoms with Crippen molar-refractivity contribution < 1.29 is 19.6 Å². The molecule has 0 bridgehead atoms. The van der Waals surface area contributed by atoms with Crippen LogP contribution in [0.2, 0.25) is 0 Å². The number of nitrogens with one attached hydrogen (secondary N) is 1. The summed E-state index contributed by atoms with van der Waals surface area (Å²) in [5.74, 6) is -0.588. The van der Waals surface area contributed by atoms with E-state index in [0.717, 1.165) is 0 Å². The number of carbonyl (C=O) groups excluding carboxylic acids is 1. The zero-order chi connectivity index (χ0) is 14.3. The lowest BCUT2D eigenvalue weighted by Crippen LogP contribution is -2.55. The van der Waals surface area contributed by atoms with Gasteiger partial charge in [0.2, 0.25) is 5.72 Å². The molecule has 8 heteroatoms. The second-order valence-corrected chi connectivity index (χ2v) is 4.71. The average Bonchev–Trinajstić information content (AvgIpc) is 2.72. The molecule has 1 fully saturated rings. The van der Waals surface area contributed by atoms with Gasteiger partial charge in [-0.25, -0.2) is 0 Å². The molecule has 1 unspecified atom stereocenters. The Kier molecular flexibility index (Phi) is 2.93. The number of carbonyl (C=O) groups is 1. The average molecular weight is 279 g/mol. The van der Waals surface area contributed by atoms with E-state index in [2.05, 4.69) is 5.32 Å². The Balaban J connectivity index is 2.06. The summed E-state index contributed by atoms with van der Waals surface area (Å²) in [4.78, 5) is 24.0. The van der Waals surface area contributed by atoms with E-state index in [1.165, 1.54) is 18.2 Å². The minimum atomic E-state index is -1.87. The Morgan fingerprint density at radius 2 is 2.10 bits per heavy atom. The summed E-state index contributed by atoms with van der Waals surface area (Å²) in [6, 6.07) is 3.97. The maximum atomic E-state index is 12.1. The highest BCUT2D eigenvalue weighted by Crippen LogP contribution is 2.40. The van der Waals surface area contributed by atoms with E-state index in [1.807, 2.05) is 0 Å².